The Morgan fingerprint density at radius 2 is 2.07 bits per heavy atom. The summed E-state index contributed by atoms with van der Waals surface area (Å²) in [6.45, 7) is 0.893. The van der Waals surface area contributed by atoms with Crippen molar-refractivity contribution < 1.29 is 19.4 Å². The Kier molecular flexibility index (Phi) is 6.64. The zero-order valence-corrected chi connectivity index (χ0v) is 9.10. The number of hydrogen-bond acceptors (Lipinski definition) is 5. The standard InChI is InChI=1S/C9H18N2O4/c1-11(2)5-6-15-9(14)7(10)3-4-8(12)13/h7H,3-6,10H2,1-2H3,(H,12,13)/t7-/m0/s1. The zero-order valence-electron chi connectivity index (χ0n) is 9.10. The predicted octanol–water partition coefficient (Wildman–Crippen LogP) is -0.717. The lowest BCUT2D eigenvalue weighted by molar-refractivity contribution is -0.146. The highest BCUT2D eigenvalue weighted by atomic mass is 16.5. The number of ether oxygens (including phenoxy) is 1. The SMILES string of the molecule is CN(C)CCOC(=O)[C@@H](N)CCC(=O)O. The third-order valence-corrected chi connectivity index (χ3v) is 1.75. The first-order valence-electron chi connectivity index (χ1n) is 4.72. The number of carbonyl (C=O) groups is 2. The van der Waals surface area contributed by atoms with E-state index in [-0.39, 0.29) is 19.4 Å². The highest BCUT2D eigenvalue weighted by molar-refractivity contribution is 5.76. The monoisotopic (exact) mass is 218 g/mol. The van der Waals surface area contributed by atoms with Crippen LogP contribution in [0.5, 0.6) is 0 Å². The molecule has 0 heterocycles. The smallest absolute Gasteiger partial charge is 0.322 e. The first kappa shape index (κ1) is 13.9. The van der Waals surface area contributed by atoms with Crippen LogP contribution in [0.15, 0.2) is 0 Å². The first-order valence-corrected chi connectivity index (χ1v) is 4.72. The van der Waals surface area contributed by atoms with Crippen LogP contribution in [-0.2, 0) is 14.3 Å². The molecule has 1 atom stereocenters. The van der Waals surface area contributed by atoms with Crippen molar-refractivity contribution >= 4 is 11.9 Å². The van der Waals surface area contributed by atoms with Gasteiger partial charge < -0.3 is 20.5 Å². The van der Waals surface area contributed by atoms with Crippen LogP contribution in [0.2, 0.25) is 0 Å². The van der Waals surface area contributed by atoms with Crippen molar-refractivity contribution in [2.75, 3.05) is 27.2 Å². The lowest BCUT2D eigenvalue weighted by atomic mass is 10.2. The normalized spacial score (nSPS) is 12.5. The molecule has 0 aliphatic heterocycles. The Labute approximate surface area is 89.0 Å². The summed E-state index contributed by atoms with van der Waals surface area (Å²) in [7, 11) is 3.72. The topological polar surface area (TPSA) is 92.9 Å². The fourth-order valence-electron chi connectivity index (χ4n) is 0.833. The maximum Gasteiger partial charge on any atom is 0.322 e. The molecule has 0 aromatic heterocycles. The van der Waals surface area contributed by atoms with Crippen LogP contribution < -0.4 is 5.73 Å². The number of rotatable bonds is 7. The van der Waals surface area contributed by atoms with Gasteiger partial charge in [-0.05, 0) is 20.5 Å². The quantitative estimate of drug-likeness (QED) is 0.548. The van der Waals surface area contributed by atoms with E-state index in [1.165, 1.54) is 0 Å². The van der Waals surface area contributed by atoms with E-state index in [0.717, 1.165) is 0 Å². The number of esters is 1. The van der Waals surface area contributed by atoms with Crippen molar-refractivity contribution in [1.29, 1.82) is 0 Å². The van der Waals surface area contributed by atoms with Crippen LogP contribution in [-0.4, -0.2) is 55.2 Å². The largest absolute Gasteiger partial charge is 0.481 e. The van der Waals surface area contributed by atoms with Crippen LogP contribution >= 0.6 is 0 Å². The third-order valence-electron chi connectivity index (χ3n) is 1.75. The molecule has 0 aromatic rings. The fraction of sp³-hybridized carbons (Fsp3) is 0.778. The van der Waals surface area contributed by atoms with Gasteiger partial charge in [-0.3, -0.25) is 9.59 Å². The summed E-state index contributed by atoms with van der Waals surface area (Å²) in [6.07, 6.45) is -0.0138. The molecule has 0 unspecified atom stereocenters. The molecule has 6 nitrogen and oxygen atoms in total. The fourth-order valence-corrected chi connectivity index (χ4v) is 0.833. The number of carboxylic acids is 1. The molecule has 0 fully saturated rings. The van der Waals surface area contributed by atoms with Crippen molar-refractivity contribution in [2.24, 2.45) is 5.73 Å². The molecule has 0 radical (unpaired) electrons. The highest BCUT2D eigenvalue weighted by Crippen LogP contribution is 1.97. The zero-order chi connectivity index (χ0) is 11.8. The molecule has 0 saturated carbocycles. The molecule has 3 N–H and O–H groups in total. The van der Waals surface area contributed by atoms with E-state index >= 15 is 0 Å². The summed E-state index contributed by atoms with van der Waals surface area (Å²) in [5.74, 6) is -1.51. The average molecular weight is 218 g/mol. The minimum absolute atomic E-state index is 0.107. The van der Waals surface area contributed by atoms with Crippen LogP contribution in [0.4, 0.5) is 0 Å². The van der Waals surface area contributed by atoms with Gasteiger partial charge in [0.15, 0.2) is 0 Å². The predicted molar refractivity (Wildman–Crippen MR) is 54.4 cm³/mol. The Morgan fingerprint density at radius 3 is 2.53 bits per heavy atom. The second-order valence-electron chi connectivity index (χ2n) is 3.51. The van der Waals surface area contributed by atoms with Gasteiger partial charge in [-0.25, -0.2) is 0 Å². The van der Waals surface area contributed by atoms with Crippen LogP contribution in [0.3, 0.4) is 0 Å². The van der Waals surface area contributed by atoms with E-state index in [9.17, 15) is 9.59 Å². The van der Waals surface area contributed by atoms with E-state index in [0.29, 0.717) is 6.54 Å². The van der Waals surface area contributed by atoms with E-state index in [2.05, 4.69) is 0 Å². The molecule has 0 aliphatic carbocycles. The highest BCUT2D eigenvalue weighted by Gasteiger charge is 2.15. The maximum absolute atomic E-state index is 11.2. The molecule has 88 valence electrons. The number of carbonyl (C=O) groups excluding carboxylic acids is 1. The molecule has 0 aromatic carbocycles. The van der Waals surface area contributed by atoms with Gasteiger partial charge >= 0.3 is 11.9 Å². The summed E-state index contributed by atoms with van der Waals surface area (Å²) in [5, 5.41) is 8.38. The summed E-state index contributed by atoms with van der Waals surface area (Å²) in [5.41, 5.74) is 5.43. The molecule has 0 amide bonds. The van der Waals surface area contributed by atoms with Gasteiger partial charge in [-0.2, -0.15) is 0 Å². The van der Waals surface area contributed by atoms with E-state index < -0.39 is 18.0 Å². The number of carboxylic acid groups (broad SMARTS) is 1. The van der Waals surface area contributed by atoms with Gasteiger partial charge in [0.1, 0.15) is 12.6 Å². The molecular formula is C9H18N2O4. The van der Waals surface area contributed by atoms with E-state index in [1.807, 2.05) is 19.0 Å². The molecule has 6 heteroatoms. The molecule has 15 heavy (non-hydrogen) atoms. The van der Waals surface area contributed by atoms with Gasteiger partial charge in [-0.15, -0.1) is 0 Å². The maximum atomic E-state index is 11.2. The van der Waals surface area contributed by atoms with Crippen molar-refractivity contribution in [3.8, 4) is 0 Å². The third kappa shape index (κ3) is 7.90. The van der Waals surface area contributed by atoms with Crippen LogP contribution in [0.1, 0.15) is 12.8 Å². The van der Waals surface area contributed by atoms with Crippen LogP contribution in [0, 0.1) is 0 Å². The number of nitrogens with zero attached hydrogens (tertiary/aromatic N) is 1. The van der Waals surface area contributed by atoms with Crippen molar-refractivity contribution in [3.05, 3.63) is 0 Å². The van der Waals surface area contributed by atoms with Gasteiger partial charge in [0, 0.05) is 13.0 Å². The van der Waals surface area contributed by atoms with Crippen molar-refractivity contribution in [3.63, 3.8) is 0 Å². The lowest BCUT2D eigenvalue weighted by Gasteiger charge is -2.12. The summed E-state index contributed by atoms with van der Waals surface area (Å²) in [6, 6.07) is -0.844. The van der Waals surface area contributed by atoms with E-state index in [1.54, 1.807) is 0 Å². The van der Waals surface area contributed by atoms with E-state index in [4.69, 9.17) is 15.6 Å². The molecule has 0 spiro atoms. The molecule has 0 saturated heterocycles. The summed E-state index contributed by atoms with van der Waals surface area (Å²) in [4.78, 5) is 23.3. The second kappa shape index (κ2) is 7.19. The van der Waals surface area contributed by atoms with Gasteiger partial charge in [-0.1, -0.05) is 0 Å². The Hall–Kier alpha value is -1.14. The minimum atomic E-state index is -0.966. The number of aliphatic carboxylic acids is 1. The first-order chi connectivity index (χ1) is 6.93. The van der Waals surface area contributed by atoms with Gasteiger partial charge in [0.05, 0.1) is 0 Å². The van der Waals surface area contributed by atoms with Crippen molar-refractivity contribution in [1.82, 2.24) is 4.90 Å². The molecule has 0 bridgehead atoms. The molecule has 0 aliphatic rings. The molecular weight excluding hydrogens is 200 g/mol. The lowest BCUT2D eigenvalue weighted by Crippen LogP contribution is -2.34. The van der Waals surface area contributed by atoms with Crippen molar-refractivity contribution in [2.45, 2.75) is 18.9 Å². The summed E-state index contributed by atoms with van der Waals surface area (Å²) >= 11 is 0. The molecule has 0 rings (SSSR count). The summed E-state index contributed by atoms with van der Waals surface area (Å²) < 4.78 is 4.85. The second-order valence-corrected chi connectivity index (χ2v) is 3.51. The number of nitrogens with two attached hydrogens (primary N) is 1. The number of hydrogen-bond donors (Lipinski definition) is 2. The number of likely N-dealkylation sites (N-methyl/N-ethyl adjacent to an activating group) is 1. The minimum Gasteiger partial charge on any atom is -0.481 e. The van der Waals surface area contributed by atoms with Gasteiger partial charge in [0.2, 0.25) is 0 Å². The van der Waals surface area contributed by atoms with Crippen LogP contribution in [0.25, 0.3) is 0 Å². The Balaban J connectivity index is 3.64. The van der Waals surface area contributed by atoms with Gasteiger partial charge in [0.25, 0.3) is 0 Å². The Morgan fingerprint density at radius 1 is 1.47 bits per heavy atom. The Bertz CT molecular complexity index is 218. The average Bonchev–Trinajstić information content (AvgIpc) is 2.13.